The Labute approximate surface area is 121 Å². The fraction of sp³-hybridized carbons (Fsp3) is 0.562. The van der Waals surface area contributed by atoms with E-state index in [-0.39, 0.29) is 11.8 Å². The smallest absolute Gasteiger partial charge is 0.224 e. The highest BCUT2D eigenvalue weighted by molar-refractivity contribution is 5.92. The van der Waals surface area contributed by atoms with E-state index >= 15 is 0 Å². The van der Waals surface area contributed by atoms with Gasteiger partial charge in [0, 0.05) is 6.42 Å². The van der Waals surface area contributed by atoms with Gasteiger partial charge in [-0.3, -0.25) is 4.79 Å². The molecule has 1 aromatic rings. The number of amides is 1. The van der Waals surface area contributed by atoms with E-state index in [2.05, 4.69) is 19.2 Å². The van der Waals surface area contributed by atoms with Gasteiger partial charge in [-0.2, -0.15) is 0 Å². The summed E-state index contributed by atoms with van der Waals surface area (Å²) >= 11 is 0. The van der Waals surface area contributed by atoms with Gasteiger partial charge in [-0.05, 0) is 43.9 Å². The summed E-state index contributed by atoms with van der Waals surface area (Å²) in [7, 11) is 0. The zero-order chi connectivity index (χ0) is 15.0. The second-order valence-corrected chi connectivity index (χ2v) is 5.41. The molecule has 4 nitrogen and oxygen atoms in total. The molecule has 20 heavy (non-hydrogen) atoms. The lowest BCUT2D eigenvalue weighted by Crippen LogP contribution is -2.23. The first-order valence-corrected chi connectivity index (χ1v) is 7.28. The van der Waals surface area contributed by atoms with Crippen LogP contribution in [0.3, 0.4) is 0 Å². The number of carbonyl (C=O) groups excluding carboxylic acids is 1. The third kappa shape index (κ3) is 5.61. The van der Waals surface area contributed by atoms with Crippen LogP contribution in [0.2, 0.25) is 0 Å². The SMILES string of the molecule is CCOc1ccccc1NC(=O)C[C@@H](CN)CC(C)C. The van der Waals surface area contributed by atoms with Crippen LogP contribution in [0, 0.1) is 11.8 Å². The van der Waals surface area contributed by atoms with E-state index in [1.54, 1.807) is 0 Å². The normalized spacial score (nSPS) is 12.2. The number of para-hydroxylation sites is 2. The molecule has 0 aliphatic carbocycles. The van der Waals surface area contributed by atoms with Gasteiger partial charge in [-0.1, -0.05) is 26.0 Å². The van der Waals surface area contributed by atoms with E-state index in [4.69, 9.17) is 10.5 Å². The summed E-state index contributed by atoms with van der Waals surface area (Å²) in [4.78, 5) is 12.1. The quantitative estimate of drug-likeness (QED) is 0.768. The monoisotopic (exact) mass is 278 g/mol. The minimum Gasteiger partial charge on any atom is -0.492 e. The summed E-state index contributed by atoms with van der Waals surface area (Å²) < 4.78 is 5.49. The largest absolute Gasteiger partial charge is 0.492 e. The predicted molar refractivity (Wildman–Crippen MR) is 82.9 cm³/mol. The van der Waals surface area contributed by atoms with Crippen molar-refractivity contribution in [2.75, 3.05) is 18.5 Å². The van der Waals surface area contributed by atoms with Gasteiger partial charge in [0.1, 0.15) is 5.75 Å². The highest BCUT2D eigenvalue weighted by Crippen LogP contribution is 2.24. The summed E-state index contributed by atoms with van der Waals surface area (Å²) in [5, 5.41) is 2.91. The fourth-order valence-electron chi connectivity index (χ4n) is 2.24. The van der Waals surface area contributed by atoms with Gasteiger partial charge in [0.2, 0.25) is 5.91 Å². The van der Waals surface area contributed by atoms with Crippen molar-refractivity contribution in [3.8, 4) is 5.75 Å². The van der Waals surface area contributed by atoms with Crippen molar-refractivity contribution in [3.05, 3.63) is 24.3 Å². The Morgan fingerprint density at radius 1 is 1.35 bits per heavy atom. The maximum absolute atomic E-state index is 12.1. The minimum atomic E-state index is -0.00625. The molecule has 0 saturated carbocycles. The zero-order valence-corrected chi connectivity index (χ0v) is 12.7. The fourth-order valence-corrected chi connectivity index (χ4v) is 2.24. The van der Waals surface area contributed by atoms with E-state index in [9.17, 15) is 4.79 Å². The molecular formula is C16H26N2O2. The molecule has 0 bridgehead atoms. The molecule has 1 aromatic carbocycles. The van der Waals surface area contributed by atoms with Crippen LogP contribution in [0.5, 0.6) is 5.75 Å². The Hall–Kier alpha value is -1.55. The molecule has 3 N–H and O–H groups in total. The van der Waals surface area contributed by atoms with Crippen LogP contribution in [0.15, 0.2) is 24.3 Å². The van der Waals surface area contributed by atoms with Crippen molar-refractivity contribution in [1.29, 1.82) is 0 Å². The van der Waals surface area contributed by atoms with Gasteiger partial charge in [0.05, 0.1) is 12.3 Å². The summed E-state index contributed by atoms with van der Waals surface area (Å²) in [6.07, 6.45) is 1.42. The lowest BCUT2D eigenvalue weighted by Gasteiger charge is -2.17. The van der Waals surface area contributed by atoms with E-state index in [0.717, 1.165) is 12.1 Å². The number of hydrogen-bond donors (Lipinski definition) is 2. The lowest BCUT2D eigenvalue weighted by atomic mass is 9.94. The van der Waals surface area contributed by atoms with E-state index in [1.165, 1.54) is 0 Å². The van der Waals surface area contributed by atoms with Crippen LogP contribution in [-0.2, 0) is 4.79 Å². The Morgan fingerprint density at radius 3 is 2.65 bits per heavy atom. The predicted octanol–water partition coefficient (Wildman–Crippen LogP) is 3.03. The third-order valence-corrected chi connectivity index (χ3v) is 3.07. The number of hydrogen-bond acceptors (Lipinski definition) is 3. The lowest BCUT2D eigenvalue weighted by molar-refractivity contribution is -0.117. The maximum atomic E-state index is 12.1. The minimum absolute atomic E-state index is 0.00625. The molecule has 0 heterocycles. The maximum Gasteiger partial charge on any atom is 0.224 e. The van der Waals surface area contributed by atoms with E-state index < -0.39 is 0 Å². The van der Waals surface area contributed by atoms with Crippen molar-refractivity contribution in [2.45, 2.75) is 33.6 Å². The molecule has 0 fully saturated rings. The molecule has 0 unspecified atom stereocenters. The van der Waals surface area contributed by atoms with Crippen molar-refractivity contribution >= 4 is 11.6 Å². The van der Waals surface area contributed by atoms with Crippen LogP contribution in [-0.4, -0.2) is 19.1 Å². The average Bonchev–Trinajstić information content (AvgIpc) is 2.40. The van der Waals surface area contributed by atoms with Gasteiger partial charge in [0.15, 0.2) is 0 Å². The number of carbonyl (C=O) groups is 1. The third-order valence-electron chi connectivity index (χ3n) is 3.07. The molecule has 0 spiro atoms. The second-order valence-electron chi connectivity index (χ2n) is 5.41. The average molecular weight is 278 g/mol. The van der Waals surface area contributed by atoms with E-state index in [1.807, 2.05) is 31.2 Å². The molecular weight excluding hydrogens is 252 g/mol. The highest BCUT2D eigenvalue weighted by atomic mass is 16.5. The highest BCUT2D eigenvalue weighted by Gasteiger charge is 2.15. The number of ether oxygens (including phenoxy) is 1. The Balaban J connectivity index is 2.61. The van der Waals surface area contributed by atoms with Crippen LogP contribution in [0.1, 0.15) is 33.6 Å². The molecule has 0 saturated heterocycles. The molecule has 0 aliphatic rings. The zero-order valence-electron chi connectivity index (χ0n) is 12.7. The molecule has 1 atom stereocenters. The van der Waals surface area contributed by atoms with Gasteiger partial charge in [-0.15, -0.1) is 0 Å². The van der Waals surface area contributed by atoms with Gasteiger partial charge in [-0.25, -0.2) is 0 Å². The van der Waals surface area contributed by atoms with Crippen molar-refractivity contribution in [3.63, 3.8) is 0 Å². The summed E-state index contributed by atoms with van der Waals surface area (Å²) in [5.41, 5.74) is 6.46. The van der Waals surface area contributed by atoms with Crippen LogP contribution >= 0.6 is 0 Å². The number of rotatable bonds is 8. The molecule has 1 amide bonds. The van der Waals surface area contributed by atoms with Gasteiger partial charge in [0.25, 0.3) is 0 Å². The van der Waals surface area contributed by atoms with Crippen LogP contribution < -0.4 is 15.8 Å². The van der Waals surface area contributed by atoms with Crippen molar-refractivity contribution < 1.29 is 9.53 Å². The topological polar surface area (TPSA) is 64.3 Å². The molecule has 0 aromatic heterocycles. The number of nitrogens with one attached hydrogen (secondary N) is 1. The number of benzene rings is 1. The summed E-state index contributed by atoms with van der Waals surface area (Å²) in [6, 6.07) is 7.48. The molecule has 0 aliphatic heterocycles. The number of nitrogens with two attached hydrogens (primary N) is 1. The van der Waals surface area contributed by atoms with Gasteiger partial charge < -0.3 is 15.8 Å². The summed E-state index contributed by atoms with van der Waals surface area (Å²) in [6.45, 7) is 7.33. The van der Waals surface area contributed by atoms with Crippen LogP contribution in [0.25, 0.3) is 0 Å². The Bertz CT molecular complexity index is 419. The van der Waals surface area contributed by atoms with Crippen molar-refractivity contribution in [2.24, 2.45) is 17.6 Å². The van der Waals surface area contributed by atoms with E-state index in [0.29, 0.717) is 31.2 Å². The van der Waals surface area contributed by atoms with Crippen LogP contribution in [0.4, 0.5) is 5.69 Å². The molecule has 112 valence electrons. The Kier molecular flexibility index (Phi) is 7.09. The first kappa shape index (κ1) is 16.5. The first-order chi connectivity index (χ1) is 9.56. The number of anilines is 1. The molecule has 4 heteroatoms. The molecule has 0 radical (unpaired) electrons. The van der Waals surface area contributed by atoms with Gasteiger partial charge >= 0.3 is 0 Å². The first-order valence-electron chi connectivity index (χ1n) is 7.28. The standard InChI is InChI=1S/C16H26N2O2/c1-4-20-15-8-6-5-7-14(15)18-16(19)10-13(11-17)9-12(2)3/h5-8,12-13H,4,9-11,17H2,1-3H3,(H,18,19)/t13-/m0/s1. The molecule has 1 rings (SSSR count). The second kappa shape index (κ2) is 8.59. The Morgan fingerprint density at radius 2 is 2.05 bits per heavy atom. The van der Waals surface area contributed by atoms with Crippen molar-refractivity contribution in [1.82, 2.24) is 0 Å². The summed E-state index contributed by atoms with van der Waals surface area (Å²) in [5.74, 6) is 1.48.